The lowest BCUT2D eigenvalue weighted by Gasteiger charge is -2.29. The number of fused-ring (bicyclic) bond motifs is 1. The Morgan fingerprint density at radius 1 is 1.27 bits per heavy atom. The number of halogens is 1. The standard InChI is InChI=1S/C17H21BrN4/c1-17(2,3)16-20-8-13-11-22(7-5-15(13)21-16)10-12-4-6-19-9-14(12)18/h4,6,8-9H,5,7,10-11H2,1-3H3. The minimum absolute atomic E-state index is 0.00800. The molecule has 22 heavy (non-hydrogen) atoms. The Morgan fingerprint density at radius 3 is 2.82 bits per heavy atom. The van der Waals surface area contributed by atoms with E-state index in [1.165, 1.54) is 16.8 Å². The van der Waals surface area contributed by atoms with E-state index >= 15 is 0 Å². The molecule has 0 aliphatic carbocycles. The van der Waals surface area contributed by atoms with E-state index in [0.29, 0.717) is 0 Å². The van der Waals surface area contributed by atoms with E-state index in [2.05, 4.69) is 57.6 Å². The molecule has 0 spiro atoms. The molecule has 3 rings (SSSR count). The summed E-state index contributed by atoms with van der Waals surface area (Å²) < 4.78 is 1.07. The van der Waals surface area contributed by atoms with Crippen molar-refractivity contribution in [3.05, 3.63) is 51.8 Å². The Balaban J connectivity index is 1.76. The van der Waals surface area contributed by atoms with Crippen LogP contribution in [0.5, 0.6) is 0 Å². The average molecular weight is 361 g/mol. The van der Waals surface area contributed by atoms with Gasteiger partial charge in [-0.3, -0.25) is 9.88 Å². The van der Waals surface area contributed by atoms with Crippen molar-refractivity contribution < 1.29 is 0 Å². The van der Waals surface area contributed by atoms with Gasteiger partial charge in [0.05, 0.1) is 0 Å². The third-order valence-corrected chi connectivity index (χ3v) is 4.65. The van der Waals surface area contributed by atoms with Crippen LogP contribution >= 0.6 is 15.9 Å². The molecule has 1 aliphatic heterocycles. The topological polar surface area (TPSA) is 41.9 Å². The number of aromatic nitrogens is 3. The highest BCUT2D eigenvalue weighted by molar-refractivity contribution is 9.10. The Bertz CT molecular complexity index is 679. The third-order valence-electron chi connectivity index (χ3n) is 3.93. The van der Waals surface area contributed by atoms with Crippen molar-refractivity contribution >= 4 is 15.9 Å². The van der Waals surface area contributed by atoms with Crippen LogP contribution in [0.2, 0.25) is 0 Å². The molecular weight excluding hydrogens is 340 g/mol. The summed E-state index contributed by atoms with van der Waals surface area (Å²) in [6, 6.07) is 2.07. The molecule has 116 valence electrons. The fraction of sp³-hybridized carbons (Fsp3) is 0.471. The summed E-state index contributed by atoms with van der Waals surface area (Å²) in [4.78, 5) is 15.9. The fourth-order valence-corrected chi connectivity index (χ4v) is 3.02. The van der Waals surface area contributed by atoms with Gasteiger partial charge >= 0.3 is 0 Å². The summed E-state index contributed by atoms with van der Waals surface area (Å²) in [5.41, 5.74) is 3.74. The molecule has 0 aromatic carbocycles. The van der Waals surface area contributed by atoms with Crippen molar-refractivity contribution in [2.24, 2.45) is 0 Å². The second-order valence-corrected chi connectivity index (χ2v) is 7.70. The molecule has 2 aromatic heterocycles. The van der Waals surface area contributed by atoms with Crippen LogP contribution in [0.4, 0.5) is 0 Å². The molecular formula is C17H21BrN4. The lowest BCUT2D eigenvalue weighted by molar-refractivity contribution is 0.241. The highest BCUT2D eigenvalue weighted by Crippen LogP contribution is 2.24. The van der Waals surface area contributed by atoms with Gasteiger partial charge in [-0.2, -0.15) is 0 Å². The molecule has 3 heterocycles. The molecule has 4 nitrogen and oxygen atoms in total. The third kappa shape index (κ3) is 3.36. The molecule has 0 saturated carbocycles. The Hall–Kier alpha value is -1.33. The molecule has 0 saturated heterocycles. The summed E-state index contributed by atoms with van der Waals surface area (Å²) >= 11 is 3.57. The maximum Gasteiger partial charge on any atom is 0.133 e. The number of nitrogens with zero attached hydrogens (tertiary/aromatic N) is 4. The second kappa shape index (κ2) is 6.05. The van der Waals surface area contributed by atoms with Crippen LogP contribution in [0, 0.1) is 0 Å². The lowest BCUT2D eigenvalue weighted by Crippen LogP contribution is -2.32. The van der Waals surface area contributed by atoms with Gasteiger partial charge in [-0.15, -0.1) is 0 Å². The molecule has 0 amide bonds. The molecule has 0 atom stereocenters. The minimum atomic E-state index is 0.00800. The van der Waals surface area contributed by atoms with Crippen molar-refractivity contribution in [3.8, 4) is 0 Å². The van der Waals surface area contributed by atoms with Crippen molar-refractivity contribution in [2.45, 2.75) is 45.7 Å². The van der Waals surface area contributed by atoms with Crippen LogP contribution < -0.4 is 0 Å². The first-order valence-electron chi connectivity index (χ1n) is 7.59. The molecule has 0 bridgehead atoms. The number of rotatable bonds is 2. The van der Waals surface area contributed by atoms with Gasteiger partial charge in [0, 0.05) is 65.8 Å². The summed E-state index contributed by atoms with van der Waals surface area (Å²) in [5, 5.41) is 0. The van der Waals surface area contributed by atoms with Crippen LogP contribution in [0.15, 0.2) is 29.1 Å². The van der Waals surface area contributed by atoms with E-state index in [1.54, 1.807) is 0 Å². The molecule has 2 aromatic rings. The highest BCUT2D eigenvalue weighted by Gasteiger charge is 2.23. The number of hydrogen-bond donors (Lipinski definition) is 0. The van der Waals surface area contributed by atoms with Crippen molar-refractivity contribution in [1.29, 1.82) is 0 Å². The van der Waals surface area contributed by atoms with Gasteiger partial charge in [0.15, 0.2) is 0 Å². The summed E-state index contributed by atoms with van der Waals surface area (Å²) in [5.74, 6) is 0.941. The van der Waals surface area contributed by atoms with Crippen LogP contribution in [0.1, 0.15) is 43.4 Å². The lowest BCUT2D eigenvalue weighted by atomic mass is 9.95. The van der Waals surface area contributed by atoms with Crippen molar-refractivity contribution in [1.82, 2.24) is 19.9 Å². The largest absolute Gasteiger partial charge is 0.294 e. The smallest absolute Gasteiger partial charge is 0.133 e. The quantitative estimate of drug-likeness (QED) is 0.821. The summed E-state index contributed by atoms with van der Waals surface area (Å²) in [7, 11) is 0. The molecule has 5 heteroatoms. The van der Waals surface area contributed by atoms with Crippen molar-refractivity contribution in [2.75, 3.05) is 6.54 Å². The molecule has 0 fully saturated rings. The Labute approximate surface area is 140 Å². The van der Waals surface area contributed by atoms with Gasteiger partial charge in [0.1, 0.15) is 5.82 Å². The maximum atomic E-state index is 4.79. The first-order chi connectivity index (χ1) is 10.4. The van der Waals surface area contributed by atoms with E-state index in [-0.39, 0.29) is 5.41 Å². The second-order valence-electron chi connectivity index (χ2n) is 6.84. The van der Waals surface area contributed by atoms with Gasteiger partial charge in [0.25, 0.3) is 0 Å². The Morgan fingerprint density at radius 2 is 2.09 bits per heavy atom. The van der Waals surface area contributed by atoms with E-state index in [9.17, 15) is 0 Å². The van der Waals surface area contributed by atoms with E-state index < -0.39 is 0 Å². The zero-order valence-electron chi connectivity index (χ0n) is 13.3. The van der Waals surface area contributed by atoms with Crippen LogP contribution in [-0.2, 0) is 24.9 Å². The van der Waals surface area contributed by atoms with E-state index in [4.69, 9.17) is 4.98 Å². The van der Waals surface area contributed by atoms with E-state index in [1.807, 2.05) is 18.6 Å². The van der Waals surface area contributed by atoms with Gasteiger partial charge in [-0.25, -0.2) is 9.97 Å². The minimum Gasteiger partial charge on any atom is -0.294 e. The van der Waals surface area contributed by atoms with Crippen LogP contribution in [0.25, 0.3) is 0 Å². The zero-order valence-corrected chi connectivity index (χ0v) is 14.9. The maximum absolute atomic E-state index is 4.79. The van der Waals surface area contributed by atoms with Gasteiger partial charge in [-0.05, 0) is 27.6 Å². The zero-order chi connectivity index (χ0) is 15.7. The highest BCUT2D eigenvalue weighted by atomic mass is 79.9. The van der Waals surface area contributed by atoms with Crippen molar-refractivity contribution in [3.63, 3.8) is 0 Å². The molecule has 0 radical (unpaired) electrons. The fourth-order valence-electron chi connectivity index (χ4n) is 2.64. The van der Waals surface area contributed by atoms with Gasteiger partial charge in [0.2, 0.25) is 0 Å². The average Bonchev–Trinajstić information content (AvgIpc) is 2.48. The molecule has 1 aliphatic rings. The normalized spacial score (nSPS) is 15.6. The van der Waals surface area contributed by atoms with Gasteiger partial charge in [-0.1, -0.05) is 20.8 Å². The van der Waals surface area contributed by atoms with Crippen LogP contribution in [-0.4, -0.2) is 26.4 Å². The first-order valence-corrected chi connectivity index (χ1v) is 8.39. The first kappa shape index (κ1) is 15.6. The molecule has 0 unspecified atom stereocenters. The predicted molar refractivity (Wildman–Crippen MR) is 90.5 cm³/mol. The monoisotopic (exact) mass is 360 g/mol. The number of hydrogen-bond acceptors (Lipinski definition) is 4. The SMILES string of the molecule is CC(C)(C)c1ncc2c(n1)CCN(Cc1ccncc1Br)C2. The van der Waals surface area contributed by atoms with Crippen LogP contribution in [0.3, 0.4) is 0 Å². The summed E-state index contributed by atoms with van der Waals surface area (Å²) in [6.45, 7) is 9.33. The molecule has 0 N–H and O–H groups in total. The van der Waals surface area contributed by atoms with E-state index in [0.717, 1.165) is 36.4 Å². The number of pyridine rings is 1. The summed E-state index contributed by atoms with van der Waals surface area (Å²) in [6.07, 6.45) is 6.70. The Kier molecular flexibility index (Phi) is 4.28. The predicted octanol–water partition coefficient (Wildman–Crippen LogP) is 3.49. The van der Waals surface area contributed by atoms with Gasteiger partial charge < -0.3 is 0 Å².